The number of hydrogen-bond donors (Lipinski definition) is 2. The van der Waals surface area contributed by atoms with E-state index in [1.165, 1.54) is 6.92 Å². The number of nitrogens with zero attached hydrogens (tertiary/aromatic N) is 4. The average Bonchev–Trinajstić information content (AvgIpc) is 3.54. The highest BCUT2D eigenvalue weighted by Crippen LogP contribution is 2.13. The van der Waals surface area contributed by atoms with Gasteiger partial charge < -0.3 is 19.4 Å². The Balaban J connectivity index is -0.000000661. The molecule has 2 heterocycles. The molecule has 2 fully saturated rings. The molecular formula is C27H48N4O17S2. The first kappa shape index (κ1) is 50.2. The minimum Gasteiger partial charge on any atom is -0.433 e. The van der Waals surface area contributed by atoms with Gasteiger partial charge in [-0.3, -0.25) is 42.7 Å². The van der Waals surface area contributed by atoms with Crippen molar-refractivity contribution in [1.29, 1.82) is 0 Å². The van der Waals surface area contributed by atoms with Crippen LogP contribution in [-0.4, -0.2) is 125 Å². The van der Waals surface area contributed by atoms with Crippen molar-refractivity contribution in [2.45, 2.75) is 93.9 Å². The second kappa shape index (κ2) is 25.7. The quantitative estimate of drug-likeness (QED) is 0.121. The van der Waals surface area contributed by atoms with Crippen molar-refractivity contribution < 1.29 is 78.7 Å². The van der Waals surface area contributed by atoms with E-state index in [2.05, 4.69) is 14.4 Å². The largest absolute Gasteiger partial charge is 0.533 e. The Kier molecular flexibility index (Phi) is 25.8. The van der Waals surface area contributed by atoms with Crippen molar-refractivity contribution >= 4 is 67.8 Å². The van der Waals surface area contributed by atoms with Gasteiger partial charge in [-0.25, -0.2) is 9.59 Å². The van der Waals surface area contributed by atoms with Crippen LogP contribution in [0.1, 0.15) is 93.9 Å². The lowest BCUT2D eigenvalue weighted by Crippen LogP contribution is -2.38. The third kappa shape index (κ3) is 21.7. The predicted octanol–water partition coefficient (Wildman–Crippen LogP) is 1.04. The molecule has 0 aromatic rings. The van der Waals surface area contributed by atoms with Crippen molar-refractivity contribution in [2.24, 2.45) is 0 Å². The van der Waals surface area contributed by atoms with Crippen molar-refractivity contribution in [1.82, 2.24) is 19.9 Å². The van der Waals surface area contributed by atoms with Crippen LogP contribution >= 0.6 is 0 Å². The third-order valence-corrected chi connectivity index (χ3v) is 6.61. The predicted molar refractivity (Wildman–Crippen MR) is 172 cm³/mol. The second-order valence-electron chi connectivity index (χ2n) is 8.85. The van der Waals surface area contributed by atoms with Gasteiger partial charge in [0.15, 0.2) is 0 Å². The Morgan fingerprint density at radius 2 is 0.980 bits per heavy atom. The highest BCUT2D eigenvalue weighted by Gasteiger charge is 2.34. The second-order valence-corrected chi connectivity index (χ2v) is 11.7. The molecule has 50 heavy (non-hydrogen) atoms. The lowest BCUT2D eigenvalue weighted by molar-refractivity contribution is -0.198. The van der Waals surface area contributed by atoms with Crippen molar-refractivity contribution in [3.63, 3.8) is 0 Å². The molecule has 21 nitrogen and oxygen atoms in total. The van der Waals surface area contributed by atoms with Gasteiger partial charge >= 0.3 is 12.1 Å². The smallest absolute Gasteiger partial charge is 0.433 e. The number of hydroxylamine groups is 4. The molecule has 0 aliphatic carbocycles. The Hall–Kier alpha value is -4.22. The topological polar surface area (TPSA) is 286 Å². The molecule has 0 atom stereocenters. The molecule has 0 radical (unpaired) electrons. The maximum atomic E-state index is 11.7. The van der Waals surface area contributed by atoms with E-state index in [0.717, 1.165) is 4.90 Å². The van der Waals surface area contributed by atoms with Crippen LogP contribution in [0.2, 0.25) is 0 Å². The van der Waals surface area contributed by atoms with Crippen LogP contribution in [0.15, 0.2) is 0 Å². The number of imide groups is 2. The van der Waals surface area contributed by atoms with Crippen molar-refractivity contribution in [3.8, 4) is 0 Å². The SMILES string of the molecule is CC.CC.CCC(=O)N(CC)CS(=O)(=O)O.CCN(CS(=O)(=O)O)C(=O)CC(=O)ON1C(=O)CCC1=O.CCOC(=O)ON1C(=O)CCC1=O. The minimum atomic E-state index is -4.42. The minimum absolute atomic E-state index is 0.0620. The number of amides is 6. The first-order valence-corrected chi connectivity index (χ1v) is 18.6. The lowest BCUT2D eigenvalue weighted by Gasteiger charge is -2.19. The molecule has 2 rings (SSSR count). The fourth-order valence-electron chi connectivity index (χ4n) is 3.20. The van der Waals surface area contributed by atoms with Crippen molar-refractivity contribution in [3.05, 3.63) is 0 Å². The van der Waals surface area contributed by atoms with E-state index in [4.69, 9.17) is 9.11 Å². The van der Waals surface area contributed by atoms with Crippen LogP contribution in [0.4, 0.5) is 4.79 Å². The number of carbonyl (C=O) groups excluding carboxylic acids is 8. The molecule has 0 aromatic carbocycles. The molecule has 6 amide bonds. The molecule has 0 spiro atoms. The van der Waals surface area contributed by atoms with Gasteiger partial charge in [0.2, 0.25) is 11.8 Å². The molecule has 0 aromatic heterocycles. The normalized spacial score (nSPS) is 13.6. The van der Waals surface area contributed by atoms with Crippen LogP contribution in [0, 0.1) is 0 Å². The number of rotatable bonds is 12. The standard InChI is InChI=1S/C10H14N2O8S.C7H9NO5.C6H13NO4S.2C2H6/c1-2-11(6-21(17,18)19)9(15)5-10(16)20-12-7(13)3-4-8(12)14;1-2-12-7(11)13-8-5(9)3-4-6(8)10;1-3-6(8)7(4-2)5-12(9,10)11;2*1-2/h2-6H2,1H3,(H,17,18,19);2-4H2,1H3;3-5H2,1-2H3,(H,9,10,11);2*1-2H3. The summed E-state index contributed by atoms with van der Waals surface area (Å²) >= 11 is 0. The highest BCUT2D eigenvalue weighted by atomic mass is 32.2. The Morgan fingerprint density at radius 1 is 0.640 bits per heavy atom. The van der Waals surface area contributed by atoms with Gasteiger partial charge in [-0.15, -0.1) is 5.06 Å². The monoisotopic (exact) mass is 764 g/mol. The molecule has 0 bridgehead atoms. The summed E-state index contributed by atoms with van der Waals surface area (Å²) in [7, 11) is -8.51. The number of hydrogen-bond acceptors (Lipinski definition) is 15. The number of ether oxygens (including phenoxy) is 1. The van der Waals surface area contributed by atoms with E-state index in [-0.39, 0.29) is 62.8 Å². The summed E-state index contributed by atoms with van der Waals surface area (Å²) in [6.45, 7) is 14.7. The zero-order valence-electron chi connectivity index (χ0n) is 29.4. The molecule has 290 valence electrons. The summed E-state index contributed by atoms with van der Waals surface area (Å²) in [6.07, 6.45) is -1.65. The van der Waals surface area contributed by atoms with Crippen LogP contribution in [0.3, 0.4) is 0 Å². The Labute approximate surface area is 291 Å². The van der Waals surface area contributed by atoms with Gasteiger partial charge in [0, 0.05) is 45.2 Å². The maximum absolute atomic E-state index is 11.7. The number of carbonyl (C=O) groups is 8. The molecule has 2 aliphatic rings. The molecule has 0 saturated carbocycles. The van der Waals surface area contributed by atoms with E-state index in [0.29, 0.717) is 9.96 Å². The summed E-state index contributed by atoms with van der Waals surface area (Å²) in [5.74, 6) is -6.35. The summed E-state index contributed by atoms with van der Waals surface area (Å²) < 4.78 is 63.7. The van der Waals surface area contributed by atoms with Crippen LogP contribution in [-0.2, 0) is 68.2 Å². The summed E-state index contributed by atoms with van der Waals surface area (Å²) in [4.78, 5) is 99.6. The van der Waals surface area contributed by atoms with Crippen LogP contribution in [0.25, 0.3) is 0 Å². The zero-order valence-corrected chi connectivity index (χ0v) is 31.0. The Bertz CT molecular complexity index is 1350. The van der Waals surface area contributed by atoms with E-state index in [9.17, 15) is 55.2 Å². The van der Waals surface area contributed by atoms with Gasteiger partial charge in [-0.2, -0.15) is 16.8 Å². The highest BCUT2D eigenvalue weighted by molar-refractivity contribution is 7.85. The first-order valence-electron chi connectivity index (χ1n) is 15.4. The molecular weight excluding hydrogens is 716 g/mol. The first-order chi connectivity index (χ1) is 23.2. The van der Waals surface area contributed by atoms with E-state index in [1.807, 2.05) is 27.7 Å². The molecule has 2 saturated heterocycles. The fraction of sp³-hybridized carbons (Fsp3) is 0.704. The van der Waals surface area contributed by atoms with Gasteiger partial charge in [-0.1, -0.05) is 39.7 Å². The van der Waals surface area contributed by atoms with E-state index in [1.54, 1.807) is 20.8 Å². The molecule has 23 heteroatoms. The van der Waals surface area contributed by atoms with E-state index < -0.39 is 80.1 Å². The van der Waals surface area contributed by atoms with Gasteiger partial charge in [-0.05, 0) is 20.8 Å². The summed E-state index contributed by atoms with van der Waals surface area (Å²) in [6, 6.07) is 0. The molecule has 2 aliphatic heterocycles. The van der Waals surface area contributed by atoms with Crippen molar-refractivity contribution in [2.75, 3.05) is 31.4 Å². The fourth-order valence-corrected chi connectivity index (χ4v) is 4.64. The lowest BCUT2D eigenvalue weighted by atomic mass is 10.4. The van der Waals surface area contributed by atoms with Gasteiger partial charge in [0.1, 0.15) is 18.2 Å². The summed E-state index contributed by atoms with van der Waals surface area (Å²) in [5.41, 5.74) is 0. The average molecular weight is 765 g/mol. The third-order valence-electron chi connectivity index (χ3n) is 5.34. The van der Waals surface area contributed by atoms with Gasteiger partial charge in [0.05, 0.1) is 6.61 Å². The van der Waals surface area contributed by atoms with E-state index >= 15 is 0 Å². The van der Waals surface area contributed by atoms with Crippen LogP contribution < -0.4 is 0 Å². The summed E-state index contributed by atoms with van der Waals surface area (Å²) in [5, 5.41) is 0.729. The molecule has 0 unspecified atom stereocenters. The Morgan fingerprint density at radius 3 is 1.28 bits per heavy atom. The van der Waals surface area contributed by atoms with Gasteiger partial charge in [0.25, 0.3) is 43.9 Å². The maximum Gasteiger partial charge on any atom is 0.533 e. The zero-order chi connectivity index (χ0) is 39.8. The van der Waals surface area contributed by atoms with Crippen LogP contribution in [0.5, 0.6) is 0 Å². The molecule has 2 N–H and O–H groups in total.